The third-order valence-corrected chi connectivity index (χ3v) is 6.71. The molecular formula is C27H27N2O4S. The number of carbonyl (C=O) groups excluding carboxylic acids is 2. The number of hydrogen-bond acceptors (Lipinski definition) is 4. The van der Waals surface area contributed by atoms with Gasteiger partial charge in [-0.1, -0.05) is 72.8 Å². The van der Waals surface area contributed by atoms with Gasteiger partial charge >= 0.3 is 0 Å². The zero-order valence-corrected chi connectivity index (χ0v) is 19.4. The predicted octanol–water partition coefficient (Wildman–Crippen LogP) is 3.64. The predicted molar refractivity (Wildman–Crippen MR) is 132 cm³/mol. The van der Waals surface area contributed by atoms with Crippen molar-refractivity contribution >= 4 is 21.7 Å². The van der Waals surface area contributed by atoms with Crippen LogP contribution in [0.5, 0.6) is 0 Å². The largest absolute Gasteiger partial charge is 0.366 e. The molecular weight excluding hydrogens is 448 g/mol. The number of carbonyl (C=O) groups is 2. The average molecular weight is 476 g/mol. The molecule has 0 aliphatic rings. The lowest BCUT2D eigenvalue weighted by atomic mass is 10.0. The van der Waals surface area contributed by atoms with Crippen LogP contribution in [-0.2, 0) is 27.5 Å². The van der Waals surface area contributed by atoms with Crippen LogP contribution in [0.3, 0.4) is 0 Å². The van der Waals surface area contributed by atoms with Crippen LogP contribution in [0.25, 0.3) is 0 Å². The van der Waals surface area contributed by atoms with Gasteiger partial charge in [0.25, 0.3) is 0 Å². The van der Waals surface area contributed by atoms with Crippen LogP contribution in [0.4, 0.5) is 0 Å². The molecule has 0 spiro atoms. The van der Waals surface area contributed by atoms with Gasteiger partial charge in [0.15, 0.2) is 9.84 Å². The van der Waals surface area contributed by atoms with Crippen molar-refractivity contribution in [1.82, 2.24) is 5.32 Å². The van der Waals surface area contributed by atoms with Crippen LogP contribution in [0, 0.1) is 6.42 Å². The van der Waals surface area contributed by atoms with E-state index >= 15 is 0 Å². The Morgan fingerprint density at radius 2 is 1.50 bits per heavy atom. The monoisotopic (exact) mass is 475 g/mol. The van der Waals surface area contributed by atoms with Crippen molar-refractivity contribution in [2.24, 2.45) is 5.73 Å². The van der Waals surface area contributed by atoms with E-state index in [0.717, 1.165) is 11.0 Å². The summed E-state index contributed by atoms with van der Waals surface area (Å²) in [6.45, 7) is 0. The quantitative estimate of drug-likeness (QED) is 0.442. The SMILES string of the molecule is NC(=O)c1ccccc1C[CH]C(=O)NC(/C=C/S(=O)(=O)c1ccccc1)CCc1ccccc1. The molecule has 0 bridgehead atoms. The Balaban J connectivity index is 1.70. The van der Waals surface area contributed by atoms with Crippen LogP contribution < -0.4 is 11.1 Å². The Morgan fingerprint density at radius 1 is 0.882 bits per heavy atom. The van der Waals surface area contributed by atoms with E-state index in [4.69, 9.17) is 5.73 Å². The molecule has 0 saturated carbocycles. The summed E-state index contributed by atoms with van der Waals surface area (Å²) < 4.78 is 25.3. The summed E-state index contributed by atoms with van der Waals surface area (Å²) in [5.74, 6) is -0.918. The van der Waals surface area contributed by atoms with Crippen molar-refractivity contribution in [3.05, 3.63) is 120 Å². The Labute approximate surface area is 200 Å². The number of hydrogen-bond donors (Lipinski definition) is 2. The lowest BCUT2D eigenvalue weighted by Gasteiger charge is -2.16. The first-order chi connectivity index (χ1) is 16.3. The first-order valence-electron chi connectivity index (χ1n) is 10.9. The maximum Gasteiger partial charge on any atom is 0.248 e. The van der Waals surface area contributed by atoms with Gasteiger partial charge in [0.1, 0.15) is 0 Å². The zero-order chi connectivity index (χ0) is 24.4. The number of aryl methyl sites for hydroxylation is 1. The standard InChI is InChI=1S/C27H27N2O4S/c28-27(31)25-14-8-7-11-22(25)16-18-26(30)29-23(17-15-21-9-3-1-4-10-21)19-20-34(32,33)24-12-5-2-6-13-24/h1-14,18-20,23H,15-17H2,(H2,28,31)(H,29,30)/b20-19+. The fourth-order valence-corrected chi connectivity index (χ4v) is 4.54. The summed E-state index contributed by atoms with van der Waals surface area (Å²) in [5, 5.41) is 4.01. The molecule has 3 rings (SSSR count). The number of benzene rings is 3. The van der Waals surface area contributed by atoms with E-state index in [0.29, 0.717) is 24.0 Å². The molecule has 6 nitrogen and oxygen atoms in total. The van der Waals surface area contributed by atoms with E-state index in [-0.39, 0.29) is 17.2 Å². The molecule has 0 aliphatic carbocycles. The molecule has 1 atom stereocenters. The lowest BCUT2D eigenvalue weighted by molar-refractivity contribution is -0.118. The van der Waals surface area contributed by atoms with Crippen molar-refractivity contribution in [2.75, 3.05) is 0 Å². The highest BCUT2D eigenvalue weighted by Gasteiger charge is 2.15. The average Bonchev–Trinajstić information content (AvgIpc) is 2.85. The molecule has 2 amide bonds. The second kappa shape index (κ2) is 12.0. The Morgan fingerprint density at radius 3 is 2.18 bits per heavy atom. The van der Waals surface area contributed by atoms with Gasteiger partial charge in [-0.05, 0) is 48.6 Å². The molecule has 0 aromatic heterocycles. The number of amides is 2. The molecule has 3 aromatic rings. The van der Waals surface area contributed by atoms with Crippen molar-refractivity contribution in [3.8, 4) is 0 Å². The Kier molecular flexibility index (Phi) is 8.76. The van der Waals surface area contributed by atoms with Crippen LogP contribution in [0.15, 0.2) is 101 Å². The molecule has 0 aliphatic heterocycles. The minimum Gasteiger partial charge on any atom is -0.366 e. The highest BCUT2D eigenvalue weighted by atomic mass is 32.2. The van der Waals surface area contributed by atoms with E-state index < -0.39 is 21.8 Å². The van der Waals surface area contributed by atoms with Gasteiger partial charge in [0.2, 0.25) is 11.8 Å². The maximum atomic E-state index is 12.7. The molecule has 3 aromatic carbocycles. The normalized spacial score (nSPS) is 12.4. The molecule has 175 valence electrons. The van der Waals surface area contributed by atoms with Gasteiger partial charge in [0.05, 0.1) is 11.3 Å². The molecule has 1 radical (unpaired) electrons. The summed E-state index contributed by atoms with van der Waals surface area (Å²) in [6.07, 6.45) is 4.34. The van der Waals surface area contributed by atoms with Crippen molar-refractivity contribution in [2.45, 2.75) is 30.2 Å². The van der Waals surface area contributed by atoms with Crippen LogP contribution in [0.2, 0.25) is 0 Å². The highest BCUT2D eigenvalue weighted by Crippen LogP contribution is 2.14. The summed E-state index contributed by atoms with van der Waals surface area (Å²) in [7, 11) is -3.64. The number of nitrogens with one attached hydrogen (secondary N) is 1. The van der Waals surface area contributed by atoms with E-state index in [1.165, 1.54) is 24.6 Å². The number of sulfone groups is 1. The number of primary amides is 1. The molecule has 0 saturated heterocycles. The van der Waals surface area contributed by atoms with Gasteiger partial charge in [-0.15, -0.1) is 0 Å². The third-order valence-electron chi connectivity index (χ3n) is 5.27. The summed E-state index contributed by atoms with van der Waals surface area (Å²) >= 11 is 0. The van der Waals surface area contributed by atoms with Crippen LogP contribution >= 0.6 is 0 Å². The number of nitrogens with two attached hydrogens (primary N) is 1. The second-order valence-corrected chi connectivity index (χ2v) is 9.59. The maximum absolute atomic E-state index is 12.7. The van der Waals surface area contributed by atoms with Crippen LogP contribution in [0.1, 0.15) is 27.9 Å². The molecule has 0 fully saturated rings. The topological polar surface area (TPSA) is 106 Å². The van der Waals surface area contributed by atoms with Gasteiger partial charge in [-0.3, -0.25) is 9.59 Å². The molecule has 34 heavy (non-hydrogen) atoms. The first-order valence-corrected chi connectivity index (χ1v) is 12.4. The van der Waals surface area contributed by atoms with Gasteiger partial charge in [-0.25, -0.2) is 8.42 Å². The van der Waals surface area contributed by atoms with E-state index in [1.54, 1.807) is 42.5 Å². The molecule has 1 unspecified atom stereocenters. The summed E-state index contributed by atoms with van der Waals surface area (Å²) in [5.41, 5.74) is 7.50. The first kappa shape index (κ1) is 24.9. The Hall–Kier alpha value is -3.71. The van der Waals surface area contributed by atoms with Crippen molar-refractivity contribution in [3.63, 3.8) is 0 Å². The van der Waals surface area contributed by atoms with Gasteiger partial charge in [-0.2, -0.15) is 0 Å². The van der Waals surface area contributed by atoms with E-state index in [1.807, 2.05) is 30.3 Å². The van der Waals surface area contributed by atoms with Crippen molar-refractivity contribution < 1.29 is 18.0 Å². The highest BCUT2D eigenvalue weighted by molar-refractivity contribution is 7.94. The van der Waals surface area contributed by atoms with Crippen LogP contribution in [-0.4, -0.2) is 26.3 Å². The molecule has 0 heterocycles. The zero-order valence-electron chi connectivity index (χ0n) is 18.6. The fraction of sp³-hybridized carbons (Fsp3) is 0.148. The lowest BCUT2D eigenvalue weighted by Crippen LogP contribution is -2.34. The number of rotatable bonds is 11. The third kappa shape index (κ3) is 7.42. The van der Waals surface area contributed by atoms with E-state index in [9.17, 15) is 18.0 Å². The van der Waals surface area contributed by atoms with E-state index in [2.05, 4.69) is 5.32 Å². The second-order valence-electron chi connectivity index (χ2n) is 7.76. The van der Waals surface area contributed by atoms with Gasteiger partial charge in [0, 0.05) is 17.0 Å². The minimum atomic E-state index is -3.64. The smallest absolute Gasteiger partial charge is 0.248 e. The summed E-state index contributed by atoms with van der Waals surface area (Å²) in [6, 6.07) is 24.2. The summed E-state index contributed by atoms with van der Waals surface area (Å²) in [4.78, 5) is 24.4. The minimum absolute atomic E-state index is 0.189. The Bertz CT molecular complexity index is 1240. The molecule has 7 heteroatoms. The fourth-order valence-electron chi connectivity index (χ4n) is 3.45. The van der Waals surface area contributed by atoms with Crippen molar-refractivity contribution in [1.29, 1.82) is 0 Å². The van der Waals surface area contributed by atoms with Gasteiger partial charge < -0.3 is 11.1 Å². The molecule has 3 N–H and O–H groups in total.